The number of aliphatic imine (C=N–C) groups is 2. The van der Waals surface area contributed by atoms with Crippen molar-refractivity contribution >= 4 is 35.7 Å². The molecule has 0 aliphatic carbocycles. The smallest absolute Gasteiger partial charge is 0.330 e. The van der Waals surface area contributed by atoms with Crippen LogP contribution in [-0.2, 0) is 25.7 Å². The molecule has 0 atom stereocenters. The second-order valence-electron chi connectivity index (χ2n) is 8.08. The molecule has 194 valence electrons. The number of carbonyl (C=O) groups is 2. The third kappa shape index (κ3) is 10.1. The molecule has 0 bridgehead atoms. The zero-order chi connectivity index (χ0) is 27.0. The third-order valence-electron chi connectivity index (χ3n) is 5.20. The van der Waals surface area contributed by atoms with Gasteiger partial charge in [0.05, 0.1) is 24.6 Å². The van der Waals surface area contributed by atoms with Crippen molar-refractivity contribution in [2.45, 2.75) is 19.4 Å². The predicted octanol–water partition coefficient (Wildman–Crippen LogP) is 6.31. The average molecular weight is 511 g/mol. The number of benzene rings is 3. The van der Waals surface area contributed by atoms with E-state index >= 15 is 0 Å². The van der Waals surface area contributed by atoms with Gasteiger partial charge in [0.25, 0.3) is 0 Å². The van der Waals surface area contributed by atoms with Crippen LogP contribution in [0, 0.1) is 0 Å². The predicted molar refractivity (Wildman–Crippen MR) is 150 cm³/mol. The maximum Gasteiger partial charge on any atom is 0.330 e. The zero-order valence-electron chi connectivity index (χ0n) is 21.1. The first-order valence-electron chi connectivity index (χ1n) is 12.1. The Kier molecular flexibility index (Phi) is 11.2. The van der Waals surface area contributed by atoms with Crippen molar-refractivity contribution < 1.29 is 23.8 Å². The topological polar surface area (TPSA) is 86.6 Å². The number of esters is 2. The van der Waals surface area contributed by atoms with Crippen molar-refractivity contribution in [3.8, 4) is 5.75 Å². The maximum absolute atomic E-state index is 11.1. The van der Waals surface area contributed by atoms with Gasteiger partial charge in [-0.2, -0.15) is 0 Å². The number of hydrogen-bond donors (Lipinski definition) is 0. The molecule has 0 amide bonds. The molecule has 0 heterocycles. The van der Waals surface area contributed by atoms with E-state index in [2.05, 4.69) is 23.1 Å². The lowest BCUT2D eigenvalue weighted by Crippen LogP contribution is -2.04. The number of rotatable bonds is 14. The van der Waals surface area contributed by atoms with Crippen LogP contribution in [0.2, 0.25) is 0 Å². The largest absolute Gasteiger partial charge is 0.494 e. The summed E-state index contributed by atoms with van der Waals surface area (Å²) >= 11 is 0. The fourth-order valence-electron chi connectivity index (χ4n) is 3.11. The summed E-state index contributed by atoms with van der Waals surface area (Å²) in [6.45, 7) is 7.84. The lowest BCUT2D eigenvalue weighted by Gasteiger charge is -2.06. The fourth-order valence-corrected chi connectivity index (χ4v) is 3.11. The zero-order valence-corrected chi connectivity index (χ0v) is 21.1. The van der Waals surface area contributed by atoms with Crippen molar-refractivity contribution in [2.24, 2.45) is 9.98 Å². The van der Waals surface area contributed by atoms with Crippen molar-refractivity contribution in [1.29, 1.82) is 0 Å². The molecule has 0 saturated heterocycles. The first-order chi connectivity index (χ1) is 18.6. The summed E-state index contributed by atoms with van der Waals surface area (Å²) in [6, 6.07) is 22.9. The molecule has 38 heavy (non-hydrogen) atoms. The van der Waals surface area contributed by atoms with Crippen LogP contribution >= 0.6 is 0 Å². The molecule has 0 spiro atoms. The van der Waals surface area contributed by atoms with Crippen molar-refractivity contribution in [1.82, 2.24) is 0 Å². The number of hydrogen-bond acceptors (Lipinski definition) is 7. The first-order valence-corrected chi connectivity index (χ1v) is 12.1. The van der Waals surface area contributed by atoms with Crippen LogP contribution in [-0.4, -0.2) is 37.6 Å². The quantitative estimate of drug-likeness (QED) is 0.110. The Morgan fingerprint density at radius 3 is 1.71 bits per heavy atom. The molecule has 0 N–H and O–H groups in total. The van der Waals surface area contributed by atoms with Gasteiger partial charge < -0.3 is 14.2 Å². The van der Waals surface area contributed by atoms with E-state index in [4.69, 9.17) is 14.2 Å². The van der Waals surface area contributed by atoms with E-state index in [0.29, 0.717) is 13.2 Å². The highest BCUT2D eigenvalue weighted by molar-refractivity contribution is 5.86. The lowest BCUT2D eigenvalue weighted by molar-refractivity contribution is -0.139. The molecule has 3 aromatic rings. The molecule has 0 aliphatic rings. The highest BCUT2D eigenvalue weighted by atomic mass is 16.5. The summed E-state index contributed by atoms with van der Waals surface area (Å²) in [6.07, 6.45) is 7.41. The van der Waals surface area contributed by atoms with Crippen molar-refractivity contribution in [2.75, 3.05) is 13.2 Å². The molecule has 7 heteroatoms. The average Bonchev–Trinajstić information content (AvgIpc) is 2.97. The molecule has 0 radical (unpaired) electrons. The van der Waals surface area contributed by atoms with Gasteiger partial charge in [0.2, 0.25) is 0 Å². The van der Waals surface area contributed by atoms with Gasteiger partial charge in [-0.1, -0.05) is 49.6 Å². The maximum atomic E-state index is 11.1. The van der Waals surface area contributed by atoms with Gasteiger partial charge in [-0.3, -0.25) is 9.98 Å². The molecule has 0 saturated carbocycles. The Morgan fingerprint density at radius 2 is 1.16 bits per heavy atom. The summed E-state index contributed by atoms with van der Waals surface area (Å²) in [5.74, 6) is -0.0858. The van der Waals surface area contributed by atoms with Crippen LogP contribution in [0.3, 0.4) is 0 Å². The molecule has 7 nitrogen and oxygen atoms in total. The summed E-state index contributed by atoms with van der Waals surface area (Å²) in [5, 5.41) is 0. The summed E-state index contributed by atoms with van der Waals surface area (Å²) in [4.78, 5) is 31.1. The third-order valence-corrected chi connectivity index (χ3v) is 5.20. The van der Waals surface area contributed by atoms with Gasteiger partial charge in [0, 0.05) is 24.6 Å². The van der Waals surface area contributed by atoms with Crippen LogP contribution in [0.25, 0.3) is 0 Å². The number of unbranched alkanes of at least 4 members (excludes halogenated alkanes) is 1. The second-order valence-corrected chi connectivity index (χ2v) is 8.08. The molecule has 3 aromatic carbocycles. The Hall–Kier alpha value is -4.78. The first kappa shape index (κ1) is 27.8. The summed E-state index contributed by atoms with van der Waals surface area (Å²) in [5.41, 5.74) is 4.44. The molecule has 0 unspecified atom stereocenters. The van der Waals surface area contributed by atoms with E-state index in [9.17, 15) is 9.59 Å². The number of ether oxygens (including phenoxy) is 3. The highest BCUT2D eigenvalue weighted by Crippen LogP contribution is 2.19. The molecule has 3 rings (SSSR count). The fraction of sp³-hybridized carbons (Fsp3) is 0.161. The van der Waals surface area contributed by atoms with Crippen LogP contribution < -0.4 is 4.74 Å². The lowest BCUT2D eigenvalue weighted by atomic mass is 10.1. The van der Waals surface area contributed by atoms with E-state index in [1.54, 1.807) is 12.4 Å². The Balaban J connectivity index is 1.42. The van der Waals surface area contributed by atoms with Gasteiger partial charge in [0.1, 0.15) is 12.4 Å². The van der Waals surface area contributed by atoms with Gasteiger partial charge in [-0.15, -0.1) is 0 Å². The molecule has 0 aliphatic heterocycles. The van der Waals surface area contributed by atoms with E-state index in [1.165, 1.54) is 0 Å². The van der Waals surface area contributed by atoms with Crippen molar-refractivity contribution in [3.63, 3.8) is 0 Å². The number of carbonyl (C=O) groups excluding carboxylic acids is 2. The normalized spacial score (nSPS) is 10.8. The van der Waals surface area contributed by atoms with E-state index in [1.807, 2.05) is 72.8 Å². The van der Waals surface area contributed by atoms with E-state index in [-0.39, 0.29) is 6.61 Å². The number of nitrogens with zero attached hydrogens (tertiary/aromatic N) is 2. The van der Waals surface area contributed by atoms with Gasteiger partial charge in [-0.25, -0.2) is 9.59 Å². The Bertz CT molecular complexity index is 1260. The monoisotopic (exact) mass is 510 g/mol. The van der Waals surface area contributed by atoms with Crippen LogP contribution in [0.4, 0.5) is 11.4 Å². The molecular weight excluding hydrogens is 480 g/mol. The minimum Gasteiger partial charge on any atom is -0.494 e. The SMILES string of the molecule is C=CC(=O)OCCCCOc1ccc(N=Cc2ccc(C=Nc3ccc(COC(=O)C=C)cc3)cc2)cc1. The standard InChI is InChI=1S/C31H30N2O5/c1-3-30(34)37-20-6-5-19-36-29-17-15-28(16-18-29)33-22-25-9-7-24(8-10-25)21-32-27-13-11-26(12-14-27)23-38-31(35)4-2/h3-4,7-18,21-22H,1-2,5-6,19-20,23H2. The van der Waals surface area contributed by atoms with Crippen LogP contribution in [0.15, 0.2) is 108 Å². The molecular formula is C31H30N2O5. The summed E-state index contributed by atoms with van der Waals surface area (Å²) in [7, 11) is 0. The van der Waals surface area contributed by atoms with Crippen LogP contribution in [0.5, 0.6) is 5.75 Å². The van der Waals surface area contributed by atoms with Crippen LogP contribution in [0.1, 0.15) is 29.5 Å². The van der Waals surface area contributed by atoms with Gasteiger partial charge in [-0.05, 0) is 65.9 Å². The molecule has 0 fully saturated rings. The van der Waals surface area contributed by atoms with Gasteiger partial charge in [0.15, 0.2) is 0 Å². The minimum absolute atomic E-state index is 0.202. The van der Waals surface area contributed by atoms with Gasteiger partial charge >= 0.3 is 11.9 Å². The second kappa shape index (κ2) is 15.4. The van der Waals surface area contributed by atoms with Crippen molar-refractivity contribution in [3.05, 3.63) is 115 Å². The van der Waals surface area contributed by atoms with E-state index < -0.39 is 11.9 Å². The van der Waals surface area contributed by atoms with E-state index in [0.717, 1.165) is 58.8 Å². The Morgan fingerprint density at radius 1 is 0.658 bits per heavy atom. The summed E-state index contributed by atoms with van der Waals surface area (Å²) < 4.78 is 15.7. The highest BCUT2D eigenvalue weighted by Gasteiger charge is 1.99. The Labute approximate surface area is 222 Å². The minimum atomic E-state index is -0.446. The molecule has 0 aromatic heterocycles.